The molecule has 0 aromatic carbocycles. The highest BCUT2D eigenvalue weighted by molar-refractivity contribution is 4.84. The molecule has 0 aliphatic heterocycles. The van der Waals surface area contributed by atoms with Crippen LogP contribution in [0.25, 0.3) is 0 Å². The summed E-state index contributed by atoms with van der Waals surface area (Å²) >= 11 is 0. The Morgan fingerprint density at radius 1 is 1.46 bits per heavy atom. The topological polar surface area (TPSA) is 53.2 Å². The van der Waals surface area contributed by atoms with Crippen molar-refractivity contribution in [2.45, 2.75) is 13.7 Å². The maximum Gasteiger partial charge on any atom is 0.332 e. The summed E-state index contributed by atoms with van der Waals surface area (Å²) < 4.78 is 7.36. The average Bonchev–Trinajstić information content (AvgIpc) is 2.12. The summed E-state index contributed by atoms with van der Waals surface area (Å²) in [6.07, 6.45) is 1.44. The lowest BCUT2D eigenvalue weighted by Crippen LogP contribution is -2.38. The normalized spacial score (nSPS) is 10.3. The Balaban J connectivity index is 3.11. The molecule has 5 heteroatoms. The van der Waals surface area contributed by atoms with Crippen LogP contribution in [-0.4, -0.2) is 15.7 Å². The molecule has 0 bridgehead atoms. The third-order valence-electron chi connectivity index (χ3n) is 1.66. The van der Waals surface area contributed by atoms with Crippen LogP contribution in [0, 0.1) is 0 Å². The molecular weight excluding hydrogens is 172 g/mol. The summed E-state index contributed by atoms with van der Waals surface area (Å²) in [5.41, 5.74) is -0.697. The molecule has 0 unspecified atom stereocenters. The summed E-state index contributed by atoms with van der Waals surface area (Å²) in [6, 6.07) is 1.33. The first kappa shape index (κ1) is 9.73. The number of hydrogen-bond acceptors (Lipinski definition) is 3. The van der Waals surface area contributed by atoms with Gasteiger partial charge in [-0.3, -0.25) is 4.79 Å². The Bertz CT molecular complexity index is 391. The molecule has 0 amide bonds. The summed E-state index contributed by atoms with van der Waals surface area (Å²) in [5.74, 6) is 0. The van der Waals surface area contributed by atoms with Gasteiger partial charge in [0.2, 0.25) is 0 Å². The first-order valence-corrected chi connectivity index (χ1v) is 4.01. The van der Waals surface area contributed by atoms with Gasteiger partial charge in [-0.05, 0) is 6.92 Å². The molecule has 0 atom stereocenters. The molecule has 1 rings (SSSR count). The van der Waals surface area contributed by atoms with Crippen molar-refractivity contribution in [3.8, 4) is 0 Å². The van der Waals surface area contributed by atoms with Gasteiger partial charge in [-0.2, -0.15) is 0 Å². The highest BCUT2D eigenvalue weighted by Gasteiger charge is 2.00. The minimum atomic E-state index is -0.360. The predicted molar refractivity (Wildman–Crippen MR) is 47.6 cm³/mol. The molecule has 0 fully saturated rings. The standard InChI is InChI=1S/C8H12N2O3/c1-3-13-6-10-7(11)4-5-9(2)8(10)12/h4-5H,3,6H2,1-2H3. The summed E-state index contributed by atoms with van der Waals surface area (Å²) in [6.45, 7) is 2.30. The van der Waals surface area contributed by atoms with E-state index < -0.39 is 0 Å². The fourth-order valence-electron chi connectivity index (χ4n) is 0.915. The van der Waals surface area contributed by atoms with Crippen LogP contribution in [0.15, 0.2) is 21.9 Å². The van der Waals surface area contributed by atoms with Crippen LogP contribution in [0.5, 0.6) is 0 Å². The maximum atomic E-state index is 11.3. The molecule has 0 spiro atoms. The van der Waals surface area contributed by atoms with Gasteiger partial charge in [0.05, 0.1) is 0 Å². The van der Waals surface area contributed by atoms with Gasteiger partial charge >= 0.3 is 5.69 Å². The molecule has 1 heterocycles. The predicted octanol–water partition coefficient (Wildman–Crippen LogP) is -0.459. The van der Waals surface area contributed by atoms with E-state index >= 15 is 0 Å². The van der Waals surface area contributed by atoms with Crippen molar-refractivity contribution >= 4 is 0 Å². The van der Waals surface area contributed by atoms with Crippen molar-refractivity contribution in [3.63, 3.8) is 0 Å². The van der Waals surface area contributed by atoms with E-state index in [1.54, 1.807) is 14.0 Å². The zero-order valence-electron chi connectivity index (χ0n) is 7.69. The van der Waals surface area contributed by atoms with E-state index in [1.165, 1.54) is 16.8 Å². The van der Waals surface area contributed by atoms with Gasteiger partial charge in [-0.15, -0.1) is 0 Å². The quantitative estimate of drug-likeness (QED) is 0.638. The average molecular weight is 184 g/mol. The summed E-state index contributed by atoms with van der Waals surface area (Å²) in [5, 5.41) is 0. The first-order valence-electron chi connectivity index (χ1n) is 4.01. The zero-order valence-corrected chi connectivity index (χ0v) is 7.69. The molecule has 1 aromatic heterocycles. The molecule has 5 nitrogen and oxygen atoms in total. The monoisotopic (exact) mass is 184 g/mol. The lowest BCUT2D eigenvalue weighted by Gasteiger charge is -2.05. The van der Waals surface area contributed by atoms with E-state index in [0.29, 0.717) is 6.61 Å². The Morgan fingerprint density at radius 3 is 2.77 bits per heavy atom. The van der Waals surface area contributed by atoms with E-state index in [9.17, 15) is 9.59 Å². The van der Waals surface area contributed by atoms with E-state index in [1.807, 2.05) is 0 Å². The smallest absolute Gasteiger partial charge is 0.332 e. The fraction of sp³-hybridized carbons (Fsp3) is 0.500. The Kier molecular flexibility index (Phi) is 3.02. The Hall–Kier alpha value is -1.36. The number of aromatic nitrogens is 2. The second-order valence-electron chi connectivity index (χ2n) is 2.60. The molecule has 1 aromatic rings. The largest absolute Gasteiger partial charge is 0.361 e. The van der Waals surface area contributed by atoms with Crippen molar-refractivity contribution in [1.82, 2.24) is 9.13 Å². The van der Waals surface area contributed by atoms with Crippen LogP contribution in [0.2, 0.25) is 0 Å². The third kappa shape index (κ3) is 2.06. The first-order chi connectivity index (χ1) is 6.16. The number of nitrogens with zero attached hydrogens (tertiary/aromatic N) is 2. The van der Waals surface area contributed by atoms with Gasteiger partial charge in [-0.25, -0.2) is 9.36 Å². The Labute approximate surface area is 75.2 Å². The van der Waals surface area contributed by atoms with Crippen molar-refractivity contribution in [2.24, 2.45) is 7.05 Å². The minimum Gasteiger partial charge on any atom is -0.361 e. The highest BCUT2D eigenvalue weighted by atomic mass is 16.5. The number of rotatable bonds is 3. The Morgan fingerprint density at radius 2 is 2.15 bits per heavy atom. The van der Waals surface area contributed by atoms with Crippen molar-refractivity contribution in [2.75, 3.05) is 6.61 Å². The van der Waals surface area contributed by atoms with E-state index in [4.69, 9.17) is 4.74 Å². The molecule has 72 valence electrons. The zero-order chi connectivity index (χ0) is 9.84. The fourth-order valence-corrected chi connectivity index (χ4v) is 0.915. The van der Waals surface area contributed by atoms with Gasteiger partial charge in [0, 0.05) is 25.9 Å². The number of hydrogen-bond donors (Lipinski definition) is 0. The van der Waals surface area contributed by atoms with Crippen molar-refractivity contribution < 1.29 is 4.74 Å². The second kappa shape index (κ2) is 4.04. The van der Waals surface area contributed by atoms with E-state index in [2.05, 4.69) is 0 Å². The van der Waals surface area contributed by atoms with Crippen LogP contribution >= 0.6 is 0 Å². The van der Waals surface area contributed by atoms with Gasteiger partial charge in [0.25, 0.3) is 5.56 Å². The third-order valence-corrected chi connectivity index (χ3v) is 1.66. The maximum absolute atomic E-state index is 11.3. The SMILES string of the molecule is CCOCn1c(=O)ccn(C)c1=O. The molecule has 0 saturated carbocycles. The summed E-state index contributed by atoms with van der Waals surface area (Å²) in [4.78, 5) is 22.5. The molecule has 0 N–H and O–H groups in total. The molecule has 13 heavy (non-hydrogen) atoms. The van der Waals surface area contributed by atoms with Gasteiger partial charge in [0.1, 0.15) is 6.73 Å². The van der Waals surface area contributed by atoms with Crippen LogP contribution < -0.4 is 11.2 Å². The molecule has 0 aliphatic rings. The summed E-state index contributed by atoms with van der Waals surface area (Å²) in [7, 11) is 1.59. The second-order valence-corrected chi connectivity index (χ2v) is 2.60. The van der Waals surface area contributed by atoms with Gasteiger partial charge in [0.15, 0.2) is 0 Å². The number of ether oxygens (including phenoxy) is 1. The van der Waals surface area contributed by atoms with Crippen LogP contribution in [0.3, 0.4) is 0 Å². The van der Waals surface area contributed by atoms with Gasteiger partial charge < -0.3 is 9.30 Å². The van der Waals surface area contributed by atoms with E-state index in [0.717, 1.165) is 4.57 Å². The van der Waals surface area contributed by atoms with E-state index in [-0.39, 0.29) is 18.0 Å². The molecule has 0 aliphatic carbocycles. The minimum absolute atomic E-state index is 0.0167. The van der Waals surface area contributed by atoms with Crippen LogP contribution in [0.4, 0.5) is 0 Å². The van der Waals surface area contributed by atoms with Crippen LogP contribution in [0.1, 0.15) is 6.92 Å². The lowest BCUT2D eigenvalue weighted by atomic mass is 10.6. The molecule has 0 radical (unpaired) electrons. The molecular formula is C8H12N2O3. The molecule has 0 saturated heterocycles. The lowest BCUT2D eigenvalue weighted by molar-refractivity contribution is 0.0812. The highest BCUT2D eigenvalue weighted by Crippen LogP contribution is 1.77. The number of aryl methyl sites for hydroxylation is 1. The van der Waals surface area contributed by atoms with Gasteiger partial charge in [-0.1, -0.05) is 0 Å². The van der Waals surface area contributed by atoms with Crippen molar-refractivity contribution in [3.05, 3.63) is 33.1 Å². The van der Waals surface area contributed by atoms with Crippen LogP contribution in [-0.2, 0) is 18.5 Å². The van der Waals surface area contributed by atoms with Crippen molar-refractivity contribution in [1.29, 1.82) is 0 Å².